The van der Waals surface area contributed by atoms with Crippen LogP contribution in [0.2, 0.25) is 0 Å². The molecule has 0 radical (unpaired) electrons. The van der Waals surface area contributed by atoms with Gasteiger partial charge in [-0.25, -0.2) is 0 Å². The van der Waals surface area contributed by atoms with Crippen LogP contribution in [0.5, 0.6) is 0 Å². The van der Waals surface area contributed by atoms with E-state index >= 15 is 0 Å². The summed E-state index contributed by atoms with van der Waals surface area (Å²) < 4.78 is 420. The molecule has 0 amide bonds. The third-order valence-electron chi connectivity index (χ3n) is 13.7. The minimum absolute atomic E-state index is 0.262. The fraction of sp³-hybridized carbons (Fsp3) is 0.0278. The van der Waals surface area contributed by atoms with Gasteiger partial charge in [0.25, 0.3) is 0 Å². The van der Waals surface area contributed by atoms with Crippen molar-refractivity contribution in [2.24, 2.45) is 0 Å². The van der Waals surface area contributed by atoms with Crippen molar-refractivity contribution in [2.45, 2.75) is 10.8 Å². The number of hydrogen-bond acceptors (Lipinski definition) is 1. The maximum atomic E-state index is 10.4. The standard InChI is InChI=1S/C72H45N/c1-2-20-49(21-3-1)73(68-36-18-35-66-70(68)59-28-11-17-34-65(59)71(66)60-29-12-6-23-53(60)54-24-7-13-30-61(54)71)50-41-37-47(38-42-50)52-43-39-46-19-4-5-22-51(46)69(52)48-40-44-58-57-27-10-16-33-64(57)72(67(58)45-48)62-31-14-8-25-55(62)56-26-9-15-32-63(56)72/h1-45H/i1D,2D,3D,4D,5D,6D,7D,8D,9D,10D,11D,12D,13D,14D,15D,16D,17D,18D,19D,20D,21D,22D,23D,24D,25D,26D,27D,28D,29D,30D,31D,32D,33D,34D,35D,36D,37D,38D,39D,40D,41D,42D,43D,44D. The zero-order chi connectivity index (χ0) is 86.1. The van der Waals surface area contributed by atoms with Gasteiger partial charge in [0, 0.05) is 16.9 Å². The monoisotopic (exact) mass is 968 g/mol. The Labute approximate surface area is 487 Å². The Hall–Kier alpha value is -9.30. The summed E-state index contributed by atoms with van der Waals surface area (Å²) in [7, 11) is 0. The van der Waals surface area contributed by atoms with Gasteiger partial charge in [-0.05, 0) is 153 Å². The van der Waals surface area contributed by atoms with E-state index in [2.05, 4.69) is 0 Å². The SMILES string of the molecule is [2H]c1c(-c2c(-c3c([2H])c([2H])c(N(c4c([2H])c([2H])c([2H])c([2H])c4[2H])c4c([2H])c([2H])c([2H])c5c4-c4c([2H])c([2H])c([2H])c([2H])c4C54c5c([2H])c([2H])c([2H])c([2H])c5-c5c([2H])c([2H])c([2H])c([2H])c54)c([2H])c3[2H])c([2H])c([2H])c3c([2H])c([2H])c([2H])c([2H])c23)cc2c(c1[2H])-c1c([2H])c([2H])c([2H])c([2H])c1C21c2c([2H])c([2H])c([2H])c([2H])c2-c2c([2H])c([2H])c([2H])c([2H])c21. The molecule has 0 saturated carbocycles. The number of fused-ring (bicyclic) bond motifs is 21. The molecule has 338 valence electrons. The predicted octanol–water partition coefficient (Wildman–Crippen LogP) is 18.3. The highest BCUT2D eigenvalue weighted by molar-refractivity contribution is 6.06. The van der Waals surface area contributed by atoms with Crippen LogP contribution in [-0.2, 0) is 10.8 Å². The van der Waals surface area contributed by atoms with Gasteiger partial charge in [0.15, 0.2) is 0 Å². The lowest BCUT2D eigenvalue weighted by Gasteiger charge is -2.32. The van der Waals surface area contributed by atoms with Crippen molar-refractivity contribution < 1.29 is 60.3 Å². The maximum Gasteiger partial charge on any atom is 0.0726 e. The van der Waals surface area contributed by atoms with Crippen LogP contribution in [0.3, 0.4) is 0 Å². The lowest BCUT2D eigenvalue weighted by Crippen LogP contribution is -2.26. The average Bonchev–Trinajstić information content (AvgIpc) is 1.48. The molecule has 1 nitrogen and oxygen atoms in total. The first-order chi connectivity index (χ1) is 54.5. The van der Waals surface area contributed by atoms with Gasteiger partial charge in [-0.1, -0.05) is 236 Å². The number of hydrogen-bond donors (Lipinski definition) is 0. The largest absolute Gasteiger partial charge is 0.310 e. The Bertz CT molecular complexity index is 6710. The number of para-hydroxylation sites is 1. The van der Waals surface area contributed by atoms with Gasteiger partial charge in [-0.2, -0.15) is 0 Å². The highest BCUT2D eigenvalue weighted by atomic mass is 15.1. The molecule has 73 heavy (non-hydrogen) atoms. The van der Waals surface area contributed by atoms with E-state index < -0.39 is 416 Å². The fourth-order valence-electron chi connectivity index (χ4n) is 11.0. The van der Waals surface area contributed by atoms with Crippen LogP contribution in [0.15, 0.2) is 272 Å². The van der Waals surface area contributed by atoms with E-state index in [1.54, 1.807) is 0 Å². The Kier molecular flexibility index (Phi) is 3.44. The molecular formula is C72H45N. The topological polar surface area (TPSA) is 3.24 Å². The van der Waals surface area contributed by atoms with E-state index in [1.807, 2.05) is 0 Å². The van der Waals surface area contributed by atoms with Gasteiger partial charge in [-0.3, -0.25) is 0 Å². The van der Waals surface area contributed by atoms with E-state index in [-0.39, 0.29) is 4.90 Å². The van der Waals surface area contributed by atoms with Gasteiger partial charge < -0.3 is 4.90 Å². The molecule has 0 unspecified atom stereocenters. The van der Waals surface area contributed by atoms with Crippen LogP contribution in [0, 0.1) is 0 Å². The second-order valence-electron chi connectivity index (χ2n) is 16.9. The van der Waals surface area contributed by atoms with Crippen LogP contribution in [-0.4, -0.2) is 0 Å². The van der Waals surface area contributed by atoms with Crippen LogP contribution >= 0.6 is 0 Å². The van der Waals surface area contributed by atoms with Crippen molar-refractivity contribution in [3.05, 3.63) is 316 Å². The smallest absolute Gasteiger partial charge is 0.0726 e. The summed E-state index contributed by atoms with van der Waals surface area (Å²) in [5.41, 5.74) is -26.9. The van der Waals surface area contributed by atoms with E-state index in [4.69, 9.17) is 20.6 Å². The maximum absolute atomic E-state index is 10.4. The Morgan fingerprint density at radius 1 is 0.260 bits per heavy atom. The number of benzene rings is 12. The summed E-state index contributed by atoms with van der Waals surface area (Å²) in [6.45, 7) is 0. The van der Waals surface area contributed by atoms with Gasteiger partial charge in [0.2, 0.25) is 0 Å². The normalized spacial score (nSPS) is 22.4. The molecule has 1 heteroatoms. The van der Waals surface area contributed by atoms with Crippen LogP contribution in [0.25, 0.3) is 77.5 Å². The summed E-state index contributed by atoms with van der Waals surface area (Å²) >= 11 is 0. The molecule has 0 saturated heterocycles. The van der Waals surface area contributed by atoms with Crippen molar-refractivity contribution in [1.29, 1.82) is 0 Å². The second kappa shape index (κ2) is 15.1. The van der Waals surface area contributed by atoms with Crippen molar-refractivity contribution in [3.63, 3.8) is 0 Å². The molecule has 0 aromatic heterocycles. The fourth-order valence-corrected chi connectivity index (χ4v) is 11.0. The number of anilines is 3. The predicted molar refractivity (Wildman–Crippen MR) is 302 cm³/mol. The third kappa shape index (κ3) is 5.25. The van der Waals surface area contributed by atoms with Crippen molar-refractivity contribution in [2.75, 3.05) is 4.90 Å². The highest BCUT2D eigenvalue weighted by Crippen LogP contribution is 2.66. The van der Waals surface area contributed by atoms with Crippen molar-refractivity contribution in [1.82, 2.24) is 0 Å². The van der Waals surface area contributed by atoms with Gasteiger partial charge in [-0.15, -0.1) is 0 Å². The first kappa shape index (κ1) is 16.6. The number of rotatable bonds is 5. The lowest BCUT2D eigenvalue weighted by atomic mass is 9.70. The number of nitrogens with zero attached hydrogens (tertiary/aromatic N) is 1. The van der Waals surface area contributed by atoms with E-state index in [1.165, 1.54) is 0 Å². The zero-order valence-corrected chi connectivity index (χ0v) is 36.5. The molecule has 4 aliphatic carbocycles. The van der Waals surface area contributed by atoms with Gasteiger partial charge in [0.05, 0.1) is 76.8 Å². The Balaban J connectivity index is 1.10. The van der Waals surface area contributed by atoms with Crippen LogP contribution in [0.1, 0.15) is 105 Å². The summed E-state index contributed by atoms with van der Waals surface area (Å²) in [6.07, 6.45) is 0. The summed E-state index contributed by atoms with van der Waals surface area (Å²) in [6, 6.07) is -50.4. The molecular weight excluding hydrogens is 879 g/mol. The molecule has 0 fully saturated rings. The molecule has 2 spiro atoms. The second-order valence-corrected chi connectivity index (χ2v) is 16.9. The molecule has 0 bridgehead atoms. The van der Waals surface area contributed by atoms with E-state index in [0.29, 0.717) is 0 Å². The minimum Gasteiger partial charge on any atom is -0.310 e. The molecule has 0 heterocycles. The summed E-state index contributed by atoms with van der Waals surface area (Å²) in [4.78, 5) is 0.262. The van der Waals surface area contributed by atoms with Crippen molar-refractivity contribution >= 4 is 27.8 Å². The molecule has 12 aromatic carbocycles. The minimum atomic E-state index is -3.14. The Morgan fingerprint density at radius 3 is 1.25 bits per heavy atom. The zero-order valence-electron chi connectivity index (χ0n) is 80.5. The summed E-state index contributed by atoms with van der Waals surface area (Å²) in [5, 5.41) is -1.84. The first-order valence-corrected chi connectivity index (χ1v) is 22.0. The molecule has 0 aliphatic heterocycles. The molecule has 16 rings (SSSR count). The van der Waals surface area contributed by atoms with Gasteiger partial charge in [0.1, 0.15) is 0 Å². The highest BCUT2D eigenvalue weighted by Gasteiger charge is 2.53. The first-order valence-electron chi connectivity index (χ1n) is 44.0. The average molecular weight is 968 g/mol. The molecule has 0 atom stereocenters. The van der Waals surface area contributed by atoms with Crippen LogP contribution in [0.4, 0.5) is 17.1 Å². The Morgan fingerprint density at radius 2 is 0.671 bits per heavy atom. The molecule has 0 N–H and O–H groups in total. The van der Waals surface area contributed by atoms with Gasteiger partial charge >= 0.3 is 0 Å². The van der Waals surface area contributed by atoms with Crippen molar-refractivity contribution in [3.8, 4) is 66.8 Å². The van der Waals surface area contributed by atoms with E-state index in [9.17, 15) is 39.8 Å². The quantitative estimate of drug-likeness (QED) is 0.166. The molecule has 12 aromatic rings. The lowest BCUT2D eigenvalue weighted by molar-refractivity contribution is 0.794. The third-order valence-corrected chi connectivity index (χ3v) is 13.7. The van der Waals surface area contributed by atoms with E-state index in [0.717, 1.165) is 6.07 Å². The molecule has 4 aliphatic rings. The summed E-state index contributed by atoms with van der Waals surface area (Å²) in [5.74, 6) is 0. The van der Waals surface area contributed by atoms with Crippen LogP contribution < -0.4 is 4.90 Å².